The Bertz CT molecular complexity index is 1190. The number of likely N-dealkylation sites (tertiary alicyclic amines) is 1. The Morgan fingerprint density at radius 1 is 0.973 bits per heavy atom. The number of anilines is 1. The molecule has 8 heteroatoms. The van der Waals surface area contributed by atoms with Crippen LogP contribution in [0.4, 0.5) is 5.82 Å². The molecule has 3 aliphatic rings. The van der Waals surface area contributed by atoms with Crippen LogP contribution in [0.25, 0.3) is 5.69 Å². The van der Waals surface area contributed by atoms with Gasteiger partial charge in [-0.3, -0.25) is 14.6 Å². The molecule has 4 heterocycles. The molecule has 0 N–H and O–H groups in total. The average molecular weight is 517 g/mol. The van der Waals surface area contributed by atoms with Crippen molar-refractivity contribution in [3.63, 3.8) is 0 Å². The van der Waals surface area contributed by atoms with Crippen LogP contribution in [-0.2, 0) is 11.3 Å². The number of carbonyl (C=O) groups is 1. The summed E-state index contributed by atoms with van der Waals surface area (Å²) in [6.07, 6.45) is 0.924. The maximum Gasteiger partial charge on any atom is 0.240 e. The zero-order chi connectivity index (χ0) is 25.2. The third-order valence-electron chi connectivity index (χ3n) is 7.93. The van der Waals surface area contributed by atoms with E-state index >= 15 is 0 Å². The lowest BCUT2D eigenvalue weighted by atomic mass is 10.1. The first kappa shape index (κ1) is 24.5. The number of nitrogens with zero attached hydrogens (tertiary/aromatic N) is 6. The molecule has 0 spiro atoms. The second kappa shape index (κ2) is 10.9. The predicted octanol–water partition coefficient (Wildman–Crippen LogP) is 3.48. The van der Waals surface area contributed by atoms with Gasteiger partial charge < -0.3 is 9.80 Å². The van der Waals surface area contributed by atoms with E-state index in [0.717, 1.165) is 75.2 Å². The molecular formula is C29H36N6OS. The van der Waals surface area contributed by atoms with Crippen LogP contribution < -0.4 is 4.90 Å². The number of rotatable bonds is 6. The monoisotopic (exact) mass is 516 g/mol. The average Bonchev–Trinajstić information content (AvgIpc) is 3.70. The molecule has 0 aliphatic carbocycles. The zero-order valence-electron chi connectivity index (χ0n) is 21.6. The van der Waals surface area contributed by atoms with Crippen molar-refractivity contribution >= 4 is 23.5 Å². The van der Waals surface area contributed by atoms with Gasteiger partial charge in [-0.05, 0) is 31.0 Å². The number of piperazine rings is 1. The SMILES string of the molecule is Cc1cc(N2CCN(C3CC(C(=O)N4CCSC4)N(Cc4ccccc4)C3)CC2)n(-c2ccccc2)n1. The van der Waals surface area contributed by atoms with E-state index in [0.29, 0.717) is 11.9 Å². The maximum atomic E-state index is 13.5. The number of hydrogen-bond acceptors (Lipinski definition) is 6. The zero-order valence-corrected chi connectivity index (χ0v) is 22.4. The van der Waals surface area contributed by atoms with Crippen LogP contribution in [0, 0.1) is 6.92 Å². The molecule has 3 aliphatic heterocycles. The van der Waals surface area contributed by atoms with Crippen LogP contribution in [0.3, 0.4) is 0 Å². The molecule has 2 atom stereocenters. The second-order valence-electron chi connectivity index (χ2n) is 10.4. The molecule has 0 radical (unpaired) electrons. The van der Waals surface area contributed by atoms with E-state index in [1.165, 1.54) is 11.4 Å². The van der Waals surface area contributed by atoms with Crippen molar-refractivity contribution in [2.75, 3.05) is 55.8 Å². The largest absolute Gasteiger partial charge is 0.354 e. The van der Waals surface area contributed by atoms with Gasteiger partial charge in [-0.15, -0.1) is 11.8 Å². The van der Waals surface area contributed by atoms with Crippen LogP contribution in [-0.4, -0.2) is 93.4 Å². The molecule has 37 heavy (non-hydrogen) atoms. The van der Waals surface area contributed by atoms with E-state index in [-0.39, 0.29) is 6.04 Å². The first-order chi connectivity index (χ1) is 18.2. The summed E-state index contributed by atoms with van der Waals surface area (Å²) in [6, 6.07) is 23.6. The van der Waals surface area contributed by atoms with Crippen molar-refractivity contribution in [2.45, 2.75) is 32.0 Å². The summed E-state index contributed by atoms with van der Waals surface area (Å²) in [4.78, 5) is 23.1. The fourth-order valence-corrected chi connectivity index (χ4v) is 6.93. The summed E-state index contributed by atoms with van der Waals surface area (Å²) < 4.78 is 2.07. The number of carbonyl (C=O) groups excluding carboxylic acids is 1. The predicted molar refractivity (Wildman–Crippen MR) is 150 cm³/mol. The highest BCUT2D eigenvalue weighted by Gasteiger charge is 2.42. The van der Waals surface area contributed by atoms with Gasteiger partial charge in [0.05, 0.1) is 23.3 Å². The summed E-state index contributed by atoms with van der Waals surface area (Å²) in [5.74, 6) is 3.39. The first-order valence-electron chi connectivity index (χ1n) is 13.4. The number of hydrogen-bond donors (Lipinski definition) is 0. The summed E-state index contributed by atoms with van der Waals surface area (Å²) in [5, 5.41) is 4.78. The van der Waals surface area contributed by atoms with Crippen LogP contribution in [0.15, 0.2) is 66.7 Å². The lowest BCUT2D eigenvalue weighted by molar-refractivity contribution is -0.134. The van der Waals surface area contributed by atoms with Crippen LogP contribution >= 0.6 is 11.8 Å². The Labute approximate surface area is 224 Å². The Balaban J connectivity index is 1.14. The van der Waals surface area contributed by atoms with E-state index in [1.807, 2.05) is 17.8 Å². The van der Waals surface area contributed by atoms with E-state index in [9.17, 15) is 4.79 Å². The van der Waals surface area contributed by atoms with E-state index in [4.69, 9.17) is 5.10 Å². The highest BCUT2D eigenvalue weighted by molar-refractivity contribution is 7.99. The lowest BCUT2D eigenvalue weighted by Crippen LogP contribution is -2.51. The van der Waals surface area contributed by atoms with Gasteiger partial charge in [0.15, 0.2) is 0 Å². The van der Waals surface area contributed by atoms with E-state index < -0.39 is 0 Å². The smallest absolute Gasteiger partial charge is 0.240 e. The lowest BCUT2D eigenvalue weighted by Gasteiger charge is -2.39. The fourth-order valence-electron chi connectivity index (χ4n) is 5.98. The molecule has 194 valence electrons. The Kier molecular flexibility index (Phi) is 7.22. The van der Waals surface area contributed by atoms with Gasteiger partial charge in [0.1, 0.15) is 5.82 Å². The highest BCUT2D eigenvalue weighted by Crippen LogP contribution is 2.29. The minimum Gasteiger partial charge on any atom is -0.354 e. The number of para-hydroxylation sites is 1. The van der Waals surface area contributed by atoms with Crippen LogP contribution in [0.5, 0.6) is 0 Å². The summed E-state index contributed by atoms with van der Waals surface area (Å²) in [6.45, 7) is 8.68. The van der Waals surface area contributed by atoms with Crippen LogP contribution in [0.2, 0.25) is 0 Å². The molecule has 6 rings (SSSR count). The summed E-state index contributed by atoms with van der Waals surface area (Å²) in [7, 11) is 0. The molecular weight excluding hydrogens is 480 g/mol. The van der Waals surface area contributed by atoms with Gasteiger partial charge in [-0.2, -0.15) is 5.10 Å². The highest BCUT2D eigenvalue weighted by atomic mass is 32.2. The molecule has 3 fully saturated rings. The normalized spacial score (nSPS) is 23.2. The Morgan fingerprint density at radius 3 is 2.41 bits per heavy atom. The molecule has 1 amide bonds. The Hall–Kier alpha value is -2.81. The number of thioether (sulfide) groups is 1. The minimum atomic E-state index is -0.0240. The van der Waals surface area contributed by atoms with Gasteiger partial charge in [0, 0.05) is 63.7 Å². The van der Waals surface area contributed by atoms with Crippen molar-refractivity contribution < 1.29 is 4.79 Å². The van der Waals surface area contributed by atoms with E-state index in [2.05, 4.69) is 91.9 Å². The summed E-state index contributed by atoms with van der Waals surface area (Å²) >= 11 is 1.87. The molecule has 1 aromatic heterocycles. The molecule has 2 aromatic carbocycles. The number of amides is 1. The Morgan fingerprint density at radius 2 is 1.70 bits per heavy atom. The van der Waals surface area contributed by atoms with Crippen molar-refractivity contribution in [1.82, 2.24) is 24.5 Å². The van der Waals surface area contributed by atoms with Gasteiger partial charge in [-0.1, -0.05) is 48.5 Å². The van der Waals surface area contributed by atoms with Crippen molar-refractivity contribution in [3.8, 4) is 5.69 Å². The topological polar surface area (TPSA) is 47.9 Å². The number of benzene rings is 2. The van der Waals surface area contributed by atoms with Crippen molar-refractivity contribution in [2.24, 2.45) is 0 Å². The van der Waals surface area contributed by atoms with Gasteiger partial charge in [0.2, 0.25) is 5.91 Å². The quantitative estimate of drug-likeness (QED) is 0.500. The minimum absolute atomic E-state index is 0.0240. The second-order valence-corrected chi connectivity index (χ2v) is 11.4. The summed E-state index contributed by atoms with van der Waals surface area (Å²) in [5.41, 5.74) is 3.42. The van der Waals surface area contributed by atoms with Gasteiger partial charge in [-0.25, -0.2) is 4.68 Å². The third kappa shape index (κ3) is 5.28. The van der Waals surface area contributed by atoms with E-state index in [1.54, 1.807) is 0 Å². The number of aromatic nitrogens is 2. The first-order valence-corrected chi connectivity index (χ1v) is 14.6. The molecule has 0 saturated carbocycles. The molecule has 2 unspecified atom stereocenters. The third-order valence-corrected chi connectivity index (χ3v) is 8.89. The van der Waals surface area contributed by atoms with Crippen molar-refractivity contribution in [1.29, 1.82) is 0 Å². The fraction of sp³-hybridized carbons (Fsp3) is 0.448. The van der Waals surface area contributed by atoms with Gasteiger partial charge in [0.25, 0.3) is 0 Å². The molecule has 0 bridgehead atoms. The van der Waals surface area contributed by atoms with Crippen LogP contribution in [0.1, 0.15) is 17.7 Å². The molecule has 7 nitrogen and oxygen atoms in total. The number of aryl methyl sites for hydroxylation is 1. The van der Waals surface area contributed by atoms with Crippen molar-refractivity contribution in [3.05, 3.63) is 78.0 Å². The standard InChI is InChI=1S/C29H36N6OS/c1-23-18-28(35(30-23)25-10-6-3-7-11-25)32-14-12-31(13-15-32)26-19-27(29(36)33-16-17-37-22-33)34(21-26)20-24-8-4-2-5-9-24/h2-11,18,26-27H,12-17,19-22H2,1H3. The maximum absolute atomic E-state index is 13.5. The molecule has 3 saturated heterocycles. The molecule has 3 aromatic rings. The van der Waals surface area contributed by atoms with Gasteiger partial charge >= 0.3 is 0 Å².